The number of nitrogens with one attached hydrogen (secondary N) is 1. The molecule has 0 bridgehead atoms. The minimum absolute atomic E-state index is 0.494. The lowest BCUT2D eigenvalue weighted by molar-refractivity contribution is 0.428. The molecule has 8 heteroatoms. The molecule has 0 radical (unpaired) electrons. The maximum absolute atomic E-state index is 11.3. The Hall–Kier alpha value is -0.730. The zero-order chi connectivity index (χ0) is 13.6. The van der Waals surface area contributed by atoms with Crippen LogP contribution in [0.5, 0.6) is 0 Å². The van der Waals surface area contributed by atoms with E-state index in [1.165, 1.54) is 10.6 Å². The molecule has 0 saturated carbocycles. The smallest absolute Gasteiger partial charge is 0.222 e. The number of hydrogen-bond donors (Lipinski definition) is 1. The van der Waals surface area contributed by atoms with Gasteiger partial charge in [-0.25, -0.2) is 22.7 Å². The van der Waals surface area contributed by atoms with Crippen molar-refractivity contribution in [2.24, 2.45) is 0 Å². The first-order valence-corrected chi connectivity index (χ1v) is 8.24. The summed E-state index contributed by atoms with van der Waals surface area (Å²) in [6.07, 6.45) is 5.25. The SMILES string of the molecule is CCN(CCCNc1ncc(Br)cn1)S(C)(=O)=O. The standard InChI is InChI=1S/C10H17BrN4O2S/c1-3-15(18(2,16)17)6-4-5-12-10-13-7-9(11)8-14-10/h7-8H,3-6H2,1-2H3,(H,12,13,14). The molecule has 0 spiro atoms. The van der Waals surface area contributed by atoms with E-state index in [9.17, 15) is 8.42 Å². The lowest BCUT2D eigenvalue weighted by atomic mass is 10.4. The van der Waals surface area contributed by atoms with E-state index in [1.54, 1.807) is 12.4 Å². The van der Waals surface area contributed by atoms with E-state index in [-0.39, 0.29) is 0 Å². The Kier molecular flexibility index (Phi) is 5.97. The van der Waals surface area contributed by atoms with Crippen LogP contribution in [0.15, 0.2) is 16.9 Å². The van der Waals surface area contributed by atoms with E-state index in [4.69, 9.17) is 0 Å². The maximum Gasteiger partial charge on any atom is 0.222 e. The summed E-state index contributed by atoms with van der Waals surface area (Å²) in [4.78, 5) is 8.13. The lowest BCUT2D eigenvalue weighted by Gasteiger charge is -2.17. The van der Waals surface area contributed by atoms with Gasteiger partial charge in [0.05, 0.1) is 10.7 Å². The predicted molar refractivity (Wildman–Crippen MR) is 74.9 cm³/mol. The number of halogens is 1. The molecule has 18 heavy (non-hydrogen) atoms. The minimum Gasteiger partial charge on any atom is -0.354 e. The van der Waals surface area contributed by atoms with Crippen LogP contribution in [0, 0.1) is 0 Å². The third kappa shape index (κ3) is 5.28. The number of sulfonamides is 1. The molecule has 0 amide bonds. The van der Waals surface area contributed by atoms with Gasteiger partial charge in [0, 0.05) is 32.0 Å². The summed E-state index contributed by atoms with van der Waals surface area (Å²) in [5.74, 6) is 0.542. The normalized spacial score (nSPS) is 11.8. The van der Waals surface area contributed by atoms with Gasteiger partial charge in [0.1, 0.15) is 0 Å². The highest BCUT2D eigenvalue weighted by molar-refractivity contribution is 9.10. The Labute approximate surface area is 116 Å². The van der Waals surface area contributed by atoms with Gasteiger partial charge in [0.15, 0.2) is 0 Å². The fraction of sp³-hybridized carbons (Fsp3) is 0.600. The van der Waals surface area contributed by atoms with Gasteiger partial charge in [-0.05, 0) is 22.4 Å². The monoisotopic (exact) mass is 336 g/mol. The Balaban J connectivity index is 2.32. The molecule has 1 aromatic heterocycles. The van der Waals surface area contributed by atoms with Crippen LogP contribution in [-0.4, -0.2) is 48.6 Å². The molecule has 0 aliphatic carbocycles. The van der Waals surface area contributed by atoms with E-state index < -0.39 is 10.0 Å². The number of anilines is 1. The molecule has 1 aromatic rings. The average Bonchev–Trinajstić information content (AvgIpc) is 2.30. The molecule has 0 unspecified atom stereocenters. The molecule has 102 valence electrons. The van der Waals surface area contributed by atoms with Crippen LogP contribution in [0.4, 0.5) is 5.95 Å². The van der Waals surface area contributed by atoms with Gasteiger partial charge in [-0.1, -0.05) is 6.92 Å². The summed E-state index contributed by atoms with van der Waals surface area (Å²) in [5, 5.41) is 3.04. The third-order valence-corrected chi connectivity index (χ3v) is 4.10. The van der Waals surface area contributed by atoms with Gasteiger partial charge < -0.3 is 5.32 Å². The molecular formula is C10H17BrN4O2S. The number of hydrogen-bond acceptors (Lipinski definition) is 5. The predicted octanol–water partition coefficient (Wildman–Crippen LogP) is 1.32. The van der Waals surface area contributed by atoms with Crippen molar-refractivity contribution >= 4 is 31.9 Å². The topological polar surface area (TPSA) is 75.2 Å². The Bertz CT molecular complexity index is 463. The largest absolute Gasteiger partial charge is 0.354 e. The second-order valence-electron chi connectivity index (χ2n) is 3.76. The van der Waals surface area contributed by atoms with E-state index in [2.05, 4.69) is 31.2 Å². The van der Waals surface area contributed by atoms with E-state index in [1.807, 2.05) is 6.92 Å². The third-order valence-electron chi connectivity index (χ3n) is 2.31. The number of nitrogens with zero attached hydrogens (tertiary/aromatic N) is 3. The molecule has 1 heterocycles. The van der Waals surface area contributed by atoms with E-state index >= 15 is 0 Å². The van der Waals surface area contributed by atoms with E-state index in [0.717, 1.165) is 4.47 Å². The summed E-state index contributed by atoms with van der Waals surface area (Å²) in [7, 11) is -3.10. The molecule has 0 aliphatic rings. The van der Waals surface area contributed by atoms with Crippen molar-refractivity contribution in [3.63, 3.8) is 0 Å². The Morgan fingerprint density at radius 2 is 2.00 bits per heavy atom. The highest BCUT2D eigenvalue weighted by Gasteiger charge is 2.12. The zero-order valence-electron chi connectivity index (χ0n) is 10.4. The Morgan fingerprint density at radius 1 is 1.39 bits per heavy atom. The van der Waals surface area contributed by atoms with Gasteiger partial charge in [-0.3, -0.25) is 0 Å². The van der Waals surface area contributed by atoms with Crippen LogP contribution in [0.25, 0.3) is 0 Å². The van der Waals surface area contributed by atoms with E-state index in [0.29, 0.717) is 32.0 Å². The lowest BCUT2D eigenvalue weighted by Crippen LogP contribution is -2.31. The molecule has 0 atom stereocenters. The van der Waals surface area contributed by atoms with Gasteiger partial charge in [0.2, 0.25) is 16.0 Å². The first kappa shape index (κ1) is 15.3. The van der Waals surface area contributed by atoms with Crippen molar-refractivity contribution in [2.45, 2.75) is 13.3 Å². The van der Waals surface area contributed by atoms with Gasteiger partial charge in [-0.15, -0.1) is 0 Å². The van der Waals surface area contributed by atoms with Crippen LogP contribution < -0.4 is 5.32 Å². The quantitative estimate of drug-likeness (QED) is 0.760. The average molecular weight is 337 g/mol. The fourth-order valence-corrected chi connectivity index (χ4v) is 2.55. The second-order valence-corrected chi connectivity index (χ2v) is 6.66. The van der Waals surface area contributed by atoms with Crippen molar-refractivity contribution in [1.82, 2.24) is 14.3 Å². The summed E-state index contributed by atoms with van der Waals surface area (Å²) in [6.45, 7) is 3.45. The second kappa shape index (κ2) is 7.01. The first-order chi connectivity index (χ1) is 8.43. The van der Waals surface area contributed by atoms with Crippen LogP contribution in [0.3, 0.4) is 0 Å². The van der Waals surface area contributed by atoms with Gasteiger partial charge in [-0.2, -0.15) is 0 Å². The van der Waals surface area contributed by atoms with Crippen LogP contribution in [0.2, 0.25) is 0 Å². The number of aromatic nitrogens is 2. The van der Waals surface area contributed by atoms with Gasteiger partial charge >= 0.3 is 0 Å². The zero-order valence-corrected chi connectivity index (χ0v) is 12.8. The van der Waals surface area contributed by atoms with Crippen LogP contribution in [0.1, 0.15) is 13.3 Å². The summed E-state index contributed by atoms with van der Waals surface area (Å²) in [6, 6.07) is 0. The maximum atomic E-state index is 11.3. The summed E-state index contributed by atoms with van der Waals surface area (Å²) >= 11 is 3.25. The summed E-state index contributed by atoms with van der Waals surface area (Å²) < 4.78 is 24.9. The highest BCUT2D eigenvalue weighted by Crippen LogP contribution is 2.06. The van der Waals surface area contributed by atoms with Crippen molar-refractivity contribution in [3.8, 4) is 0 Å². The Morgan fingerprint density at radius 3 is 2.50 bits per heavy atom. The fourth-order valence-electron chi connectivity index (χ4n) is 1.42. The molecule has 0 saturated heterocycles. The number of rotatable bonds is 7. The first-order valence-electron chi connectivity index (χ1n) is 5.60. The molecule has 0 fully saturated rings. The summed E-state index contributed by atoms with van der Waals surface area (Å²) in [5.41, 5.74) is 0. The van der Waals surface area contributed by atoms with Crippen LogP contribution >= 0.6 is 15.9 Å². The molecule has 1 rings (SSSR count). The van der Waals surface area contributed by atoms with Crippen molar-refractivity contribution in [2.75, 3.05) is 31.2 Å². The van der Waals surface area contributed by atoms with Crippen molar-refractivity contribution in [3.05, 3.63) is 16.9 Å². The molecule has 1 N–H and O–H groups in total. The molecular weight excluding hydrogens is 320 g/mol. The van der Waals surface area contributed by atoms with Crippen LogP contribution in [-0.2, 0) is 10.0 Å². The highest BCUT2D eigenvalue weighted by atomic mass is 79.9. The minimum atomic E-state index is -3.10. The van der Waals surface area contributed by atoms with Crippen molar-refractivity contribution in [1.29, 1.82) is 0 Å². The molecule has 0 aliphatic heterocycles. The molecule has 0 aromatic carbocycles. The van der Waals surface area contributed by atoms with Gasteiger partial charge in [0.25, 0.3) is 0 Å². The molecule has 6 nitrogen and oxygen atoms in total. The van der Waals surface area contributed by atoms with Crippen molar-refractivity contribution < 1.29 is 8.42 Å².